The number of nitrogens with one attached hydrogen (secondary N) is 1. The average molecular weight is 480 g/mol. The average Bonchev–Trinajstić information content (AvgIpc) is 3.25. The van der Waals surface area contributed by atoms with Crippen LogP contribution in [0, 0.1) is 0 Å². The number of nitrogens with zero attached hydrogens (tertiary/aromatic N) is 2. The Hall–Kier alpha value is -4.52. The van der Waals surface area contributed by atoms with E-state index in [0.717, 1.165) is 22.2 Å². The first kappa shape index (κ1) is 23.2. The standard InChI is InChI=1S/C29H25N3O4/c1-2-32-23-15-9-7-13-21(23)27(28(32)19-10-4-3-5-11-19)24(33)18-36-26(34)17-16-25-30-22-14-8-6-12-20(22)29(35)31-25/h3-15H,2,16-18H2,1H3,(H,30,31,35). The molecule has 0 aliphatic carbocycles. The Bertz CT molecular complexity index is 1630. The maximum absolute atomic E-state index is 13.4. The van der Waals surface area contributed by atoms with Gasteiger partial charge in [-0.25, -0.2) is 4.98 Å². The number of benzene rings is 3. The minimum Gasteiger partial charge on any atom is -0.457 e. The Labute approximate surface area is 207 Å². The molecule has 7 heteroatoms. The number of hydrogen-bond acceptors (Lipinski definition) is 5. The summed E-state index contributed by atoms with van der Waals surface area (Å²) >= 11 is 0. The number of carbonyl (C=O) groups excluding carboxylic acids is 2. The number of H-pyrrole nitrogens is 1. The summed E-state index contributed by atoms with van der Waals surface area (Å²) in [7, 11) is 0. The molecule has 0 aliphatic rings. The summed E-state index contributed by atoms with van der Waals surface area (Å²) < 4.78 is 7.48. The number of aryl methyl sites for hydroxylation is 2. The van der Waals surface area contributed by atoms with Crippen molar-refractivity contribution in [2.45, 2.75) is 26.3 Å². The molecule has 5 aromatic rings. The lowest BCUT2D eigenvalue weighted by atomic mass is 10.0. The maximum atomic E-state index is 13.4. The van der Waals surface area contributed by atoms with Crippen molar-refractivity contribution in [1.29, 1.82) is 0 Å². The lowest BCUT2D eigenvalue weighted by Gasteiger charge is -2.11. The number of aromatic nitrogens is 3. The lowest BCUT2D eigenvalue weighted by molar-refractivity contribution is -0.142. The van der Waals surface area contributed by atoms with Gasteiger partial charge in [-0.05, 0) is 30.7 Å². The Morgan fingerprint density at radius 1 is 0.917 bits per heavy atom. The first-order chi connectivity index (χ1) is 17.6. The SMILES string of the molecule is CCn1c(-c2ccccc2)c(C(=O)COC(=O)CCc2nc3ccccc3c(=O)[nH]2)c2ccccc21. The van der Waals surface area contributed by atoms with Crippen molar-refractivity contribution in [3.8, 4) is 11.3 Å². The molecular formula is C29H25N3O4. The Morgan fingerprint density at radius 3 is 2.39 bits per heavy atom. The summed E-state index contributed by atoms with van der Waals surface area (Å²) in [5.74, 6) is -0.387. The zero-order chi connectivity index (χ0) is 25.1. The van der Waals surface area contributed by atoms with E-state index in [4.69, 9.17) is 4.74 Å². The van der Waals surface area contributed by atoms with E-state index in [1.807, 2.05) is 61.5 Å². The molecule has 1 N–H and O–H groups in total. The number of para-hydroxylation sites is 2. The van der Waals surface area contributed by atoms with Gasteiger partial charge in [0.05, 0.1) is 28.6 Å². The van der Waals surface area contributed by atoms with Crippen LogP contribution < -0.4 is 5.56 Å². The largest absolute Gasteiger partial charge is 0.457 e. The summed E-state index contributed by atoms with van der Waals surface area (Å²) in [6, 6.07) is 24.5. The molecule has 0 saturated heterocycles. The highest BCUT2D eigenvalue weighted by atomic mass is 16.5. The molecule has 0 atom stereocenters. The monoisotopic (exact) mass is 479 g/mol. The van der Waals surface area contributed by atoms with Crippen LogP contribution in [0.25, 0.3) is 33.1 Å². The fourth-order valence-electron chi connectivity index (χ4n) is 4.57. The van der Waals surface area contributed by atoms with Crippen LogP contribution in [0.1, 0.15) is 29.5 Å². The minimum atomic E-state index is -0.528. The van der Waals surface area contributed by atoms with Crippen LogP contribution in [-0.4, -0.2) is 32.9 Å². The van der Waals surface area contributed by atoms with Gasteiger partial charge in [-0.2, -0.15) is 0 Å². The number of fused-ring (bicyclic) bond motifs is 2. The van der Waals surface area contributed by atoms with Gasteiger partial charge in [0.15, 0.2) is 6.61 Å². The van der Waals surface area contributed by atoms with Crippen molar-refractivity contribution in [3.05, 3.63) is 101 Å². The van der Waals surface area contributed by atoms with E-state index < -0.39 is 5.97 Å². The van der Waals surface area contributed by atoms with Crippen LogP contribution >= 0.6 is 0 Å². The molecule has 0 spiro atoms. The van der Waals surface area contributed by atoms with Gasteiger partial charge in [-0.3, -0.25) is 14.4 Å². The third-order valence-electron chi connectivity index (χ3n) is 6.21. The van der Waals surface area contributed by atoms with Crippen molar-refractivity contribution in [2.75, 3.05) is 6.61 Å². The van der Waals surface area contributed by atoms with Gasteiger partial charge >= 0.3 is 5.97 Å². The van der Waals surface area contributed by atoms with Crippen molar-refractivity contribution >= 4 is 33.6 Å². The van der Waals surface area contributed by atoms with E-state index in [2.05, 4.69) is 14.5 Å². The quantitative estimate of drug-likeness (QED) is 0.252. The Balaban J connectivity index is 1.34. The topological polar surface area (TPSA) is 94.0 Å². The lowest BCUT2D eigenvalue weighted by Crippen LogP contribution is -2.17. The Kier molecular flexibility index (Phi) is 6.45. The van der Waals surface area contributed by atoms with Crippen LogP contribution in [0.3, 0.4) is 0 Å². The first-order valence-electron chi connectivity index (χ1n) is 11.9. The van der Waals surface area contributed by atoms with Crippen molar-refractivity contribution in [1.82, 2.24) is 14.5 Å². The van der Waals surface area contributed by atoms with Gasteiger partial charge in [0.1, 0.15) is 5.82 Å². The van der Waals surface area contributed by atoms with Crippen molar-refractivity contribution in [2.24, 2.45) is 0 Å². The molecule has 0 amide bonds. The molecule has 0 saturated carbocycles. The van der Waals surface area contributed by atoms with Crippen LogP contribution in [0.4, 0.5) is 0 Å². The van der Waals surface area contributed by atoms with E-state index in [0.29, 0.717) is 28.8 Å². The number of carbonyl (C=O) groups is 2. The van der Waals surface area contributed by atoms with E-state index in [1.54, 1.807) is 24.3 Å². The predicted molar refractivity (Wildman–Crippen MR) is 139 cm³/mol. The maximum Gasteiger partial charge on any atom is 0.306 e. The molecule has 0 aliphatic heterocycles. The number of aromatic amines is 1. The molecule has 3 aromatic carbocycles. The smallest absolute Gasteiger partial charge is 0.306 e. The summed E-state index contributed by atoms with van der Waals surface area (Å²) in [4.78, 5) is 45.2. The normalized spacial score (nSPS) is 11.1. The second kappa shape index (κ2) is 10.00. The molecule has 0 fully saturated rings. The molecule has 0 radical (unpaired) electrons. The fraction of sp³-hybridized carbons (Fsp3) is 0.172. The van der Waals surface area contributed by atoms with E-state index >= 15 is 0 Å². The molecule has 0 bridgehead atoms. The highest BCUT2D eigenvalue weighted by Crippen LogP contribution is 2.34. The zero-order valence-electron chi connectivity index (χ0n) is 19.9. The fourth-order valence-corrected chi connectivity index (χ4v) is 4.57. The number of ether oxygens (including phenoxy) is 1. The second-order valence-corrected chi connectivity index (χ2v) is 8.46. The van der Waals surface area contributed by atoms with Gasteiger partial charge in [-0.15, -0.1) is 0 Å². The molecule has 36 heavy (non-hydrogen) atoms. The number of rotatable bonds is 8. The van der Waals surface area contributed by atoms with Gasteiger partial charge in [0.25, 0.3) is 5.56 Å². The molecule has 2 aromatic heterocycles. The third-order valence-corrected chi connectivity index (χ3v) is 6.21. The van der Waals surface area contributed by atoms with Crippen molar-refractivity contribution < 1.29 is 14.3 Å². The van der Waals surface area contributed by atoms with Gasteiger partial charge < -0.3 is 14.3 Å². The molecular weight excluding hydrogens is 454 g/mol. The molecule has 180 valence electrons. The van der Waals surface area contributed by atoms with E-state index in [9.17, 15) is 14.4 Å². The highest BCUT2D eigenvalue weighted by Gasteiger charge is 2.24. The van der Waals surface area contributed by atoms with Gasteiger partial charge in [0.2, 0.25) is 5.78 Å². The van der Waals surface area contributed by atoms with E-state index in [-0.39, 0.29) is 30.8 Å². The number of hydrogen-bond donors (Lipinski definition) is 1. The van der Waals surface area contributed by atoms with Gasteiger partial charge in [0, 0.05) is 23.9 Å². The number of esters is 1. The van der Waals surface area contributed by atoms with Crippen LogP contribution in [0.15, 0.2) is 83.7 Å². The van der Waals surface area contributed by atoms with Crippen LogP contribution in [0.5, 0.6) is 0 Å². The first-order valence-corrected chi connectivity index (χ1v) is 11.9. The van der Waals surface area contributed by atoms with Crippen LogP contribution in [0.2, 0.25) is 0 Å². The molecule has 7 nitrogen and oxygen atoms in total. The van der Waals surface area contributed by atoms with Crippen LogP contribution in [-0.2, 0) is 22.5 Å². The summed E-state index contributed by atoms with van der Waals surface area (Å²) in [5, 5.41) is 1.33. The van der Waals surface area contributed by atoms with Crippen molar-refractivity contribution in [3.63, 3.8) is 0 Å². The van der Waals surface area contributed by atoms with E-state index in [1.165, 1.54) is 0 Å². The third kappa shape index (κ3) is 4.43. The summed E-state index contributed by atoms with van der Waals surface area (Å²) in [6.45, 7) is 2.37. The zero-order valence-corrected chi connectivity index (χ0v) is 19.9. The summed E-state index contributed by atoms with van der Waals surface area (Å²) in [6.07, 6.45) is 0.203. The molecule has 5 rings (SSSR count). The number of Topliss-reactive ketones (excluding diaryl/α,β-unsaturated/α-hetero) is 1. The second-order valence-electron chi connectivity index (χ2n) is 8.46. The van der Waals surface area contributed by atoms with Gasteiger partial charge in [-0.1, -0.05) is 60.7 Å². The minimum absolute atomic E-state index is 0.00315. The Morgan fingerprint density at radius 2 is 1.61 bits per heavy atom. The highest BCUT2D eigenvalue weighted by molar-refractivity contribution is 6.14. The summed E-state index contributed by atoms with van der Waals surface area (Å²) in [5.41, 5.74) is 3.57. The predicted octanol–water partition coefficient (Wildman–Crippen LogP) is 4.92. The number of ketones is 1. The molecule has 2 heterocycles. The molecule has 0 unspecified atom stereocenters.